The van der Waals surface area contributed by atoms with Crippen LogP contribution in [-0.2, 0) is 9.53 Å². The monoisotopic (exact) mass is 302 g/mol. The molecule has 1 rings (SSSR count). The summed E-state index contributed by atoms with van der Waals surface area (Å²) >= 11 is 3.19. The summed E-state index contributed by atoms with van der Waals surface area (Å²) in [4.78, 5) is 10.8. The zero-order valence-corrected chi connectivity index (χ0v) is 10.8. The van der Waals surface area contributed by atoms with Gasteiger partial charge in [0.15, 0.2) is 0 Å². The molecule has 0 atom stereocenters. The number of carbonyl (C=O) groups excluding carboxylic acids is 1. The molecule has 4 nitrogen and oxygen atoms in total. The molecule has 0 saturated carbocycles. The first-order chi connectivity index (χ1) is 8.13. The van der Waals surface area contributed by atoms with E-state index in [2.05, 4.69) is 26.5 Å². The highest BCUT2D eigenvalue weighted by Crippen LogP contribution is 2.22. The molecular formula is C11H12BrFN2O2. The van der Waals surface area contributed by atoms with Crippen molar-refractivity contribution in [3.05, 3.63) is 28.5 Å². The minimum absolute atomic E-state index is 0.110. The van der Waals surface area contributed by atoms with Gasteiger partial charge in [0, 0.05) is 10.9 Å². The second-order valence-electron chi connectivity index (χ2n) is 3.08. The largest absolute Gasteiger partial charge is 0.460 e. The third-order valence-corrected chi connectivity index (χ3v) is 2.47. The summed E-state index contributed by atoms with van der Waals surface area (Å²) in [6.07, 6.45) is 1.76. The first kappa shape index (κ1) is 13.6. The number of esters is 1. The van der Waals surface area contributed by atoms with Crippen LogP contribution in [0.2, 0.25) is 0 Å². The number of hydrogen-bond acceptors (Lipinski definition) is 4. The van der Waals surface area contributed by atoms with E-state index in [0.29, 0.717) is 16.6 Å². The molecule has 6 heteroatoms. The number of hydrazone groups is 1. The van der Waals surface area contributed by atoms with Gasteiger partial charge in [-0.25, -0.2) is 4.39 Å². The predicted octanol–water partition coefficient (Wildman–Crippen LogP) is 2.94. The van der Waals surface area contributed by atoms with Gasteiger partial charge in [-0.1, -0.05) is 6.92 Å². The molecule has 92 valence electrons. The summed E-state index contributed by atoms with van der Waals surface area (Å²) in [7, 11) is 0. The maximum absolute atomic E-state index is 12.8. The number of nitrogens with one attached hydrogen (secondary N) is 1. The Bertz CT molecular complexity index is 424. The van der Waals surface area contributed by atoms with Gasteiger partial charge in [0.2, 0.25) is 0 Å². The van der Waals surface area contributed by atoms with E-state index in [-0.39, 0.29) is 18.4 Å². The molecule has 1 N–H and O–H groups in total. The van der Waals surface area contributed by atoms with E-state index in [1.165, 1.54) is 18.3 Å². The van der Waals surface area contributed by atoms with Gasteiger partial charge in [-0.05, 0) is 34.1 Å². The Morgan fingerprint density at radius 1 is 1.65 bits per heavy atom. The van der Waals surface area contributed by atoms with Gasteiger partial charge in [0.05, 0.1) is 11.9 Å². The molecule has 0 unspecified atom stereocenters. The zero-order chi connectivity index (χ0) is 12.7. The van der Waals surface area contributed by atoms with Gasteiger partial charge in [-0.3, -0.25) is 10.2 Å². The molecule has 0 amide bonds. The van der Waals surface area contributed by atoms with Crippen LogP contribution in [0.15, 0.2) is 27.8 Å². The topological polar surface area (TPSA) is 50.7 Å². The second kappa shape index (κ2) is 7.01. The third-order valence-electron chi connectivity index (χ3n) is 1.81. The standard InChI is InChI=1S/C11H12BrFN2O2/c1-2-11(16)17-6-5-14-15-10-4-3-8(13)7-9(10)12/h3-5,7,15H,2,6H2,1H3. The maximum Gasteiger partial charge on any atom is 0.305 e. The van der Waals surface area contributed by atoms with Crippen molar-refractivity contribution in [3.63, 3.8) is 0 Å². The molecule has 17 heavy (non-hydrogen) atoms. The van der Waals surface area contributed by atoms with Crippen molar-refractivity contribution in [1.82, 2.24) is 0 Å². The minimum atomic E-state index is -0.330. The van der Waals surface area contributed by atoms with Crippen LogP contribution in [0.4, 0.5) is 10.1 Å². The summed E-state index contributed by atoms with van der Waals surface area (Å²) in [5.74, 6) is -0.609. The number of nitrogens with zero attached hydrogens (tertiary/aromatic N) is 1. The van der Waals surface area contributed by atoms with Gasteiger partial charge in [-0.2, -0.15) is 5.10 Å². The molecule has 0 aliphatic heterocycles. The first-order valence-corrected chi connectivity index (χ1v) is 5.81. The van der Waals surface area contributed by atoms with Crippen LogP contribution in [0.3, 0.4) is 0 Å². The van der Waals surface area contributed by atoms with Crippen molar-refractivity contribution in [3.8, 4) is 0 Å². The van der Waals surface area contributed by atoms with Crippen LogP contribution in [0.5, 0.6) is 0 Å². The maximum atomic E-state index is 12.8. The third kappa shape index (κ3) is 4.95. The average Bonchev–Trinajstić information content (AvgIpc) is 2.30. The van der Waals surface area contributed by atoms with Crippen LogP contribution in [0.1, 0.15) is 13.3 Å². The Hall–Kier alpha value is -1.43. The van der Waals surface area contributed by atoms with E-state index >= 15 is 0 Å². The number of benzene rings is 1. The number of anilines is 1. The molecule has 0 aliphatic carbocycles. The molecule has 0 radical (unpaired) electrons. The molecule has 0 heterocycles. The fourth-order valence-electron chi connectivity index (χ4n) is 0.965. The SMILES string of the molecule is CCC(=O)OCC=NNc1ccc(F)cc1Br. The summed E-state index contributed by atoms with van der Waals surface area (Å²) in [6, 6.07) is 4.20. The van der Waals surface area contributed by atoms with Crippen LogP contribution < -0.4 is 5.43 Å². The Morgan fingerprint density at radius 3 is 3.06 bits per heavy atom. The zero-order valence-electron chi connectivity index (χ0n) is 9.24. The Kier molecular flexibility index (Phi) is 5.62. The molecule has 0 fully saturated rings. The van der Waals surface area contributed by atoms with Crippen molar-refractivity contribution in [2.75, 3.05) is 12.0 Å². The molecule has 0 aliphatic rings. The van der Waals surface area contributed by atoms with Crippen LogP contribution in [0, 0.1) is 5.82 Å². The van der Waals surface area contributed by atoms with Gasteiger partial charge in [0.1, 0.15) is 12.4 Å². The molecule has 0 aromatic heterocycles. The van der Waals surface area contributed by atoms with E-state index in [0.717, 1.165) is 0 Å². The van der Waals surface area contributed by atoms with E-state index in [9.17, 15) is 9.18 Å². The molecule has 1 aromatic carbocycles. The van der Waals surface area contributed by atoms with Crippen molar-refractivity contribution in [2.24, 2.45) is 5.10 Å². The molecule has 0 bridgehead atoms. The predicted molar refractivity (Wildman–Crippen MR) is 67.5 cm³/mol. The number of carbonyl (C=O) groups is 1. The lowest BCUT2D eigenvalue weighted by molar-refractivity contribution is -0.141. The average molecular weight is 303 g/mol. The Balaban J connectivity index is 2.39. The minimum Gasteiger partial charge on any atom is -0.460 e. The Labute approximate surface area is 107 Å². The number of ether oxygens (including phenoxy) is 1. The Morgan fingerprint density at radius 2 is 2.41 bits per heavy atom. The first-order valence-electron chi connectivity index (χ1n) is 5.01. The smallest absolute Gasteiger partial charge is 0.305 e. The van der Waals surface area contributed by atoms with E-state index in [1.54, 1.807) is 13.0 Å². The quantitative estimate of drug-likeness (QED) is 0.517. The lowest BCUT2D eigenvalue weighted by atomic mass is 10.3. The molecule has 0 spiro atoms. The van der Waals surface area contributed by atoms with E-state index in [1.807, 2.05) is 0 Å². The van der Waals surface area contributed by atoms with Crippen LogP contribution >= 0.6 is 15.9 Å². The van der Waals surface area contributed by atoms with Gasteiger partial charge in [-0.15, -0.1) is 0 Å². The second-order valence-corrected chi connectivity index (χ2v) is 3.94. The normalized spacial score (nSPS) is 10.5. The highest BCUT2D eigenvalue weighted by molar-refractivity contribution is 9.10. The molecule has 0 saturated heterocycles. The van der Waals surface area contributed by atoms with Gasteiger partial charge in [0.25, 0.3) is 0 Å². The van der Waals surface area contributed by atoms with E-state index in [4.69, 9.17) is 4.74 Å². The number of halogens is 2. The van der Waals surface area contributed by atoms with Crippen molar-refractivity contribution in [2.45, 2.75) is 13.3 Å². The fourth-order valence-corrected chi connectivity index (χ4v) is 1.40. The van der Waals surface area contributed by atoms with Crippen molar-refractivity contribution < 1.29 is 13.9 Å². The molecular weight excluding hydrogens is 291 g/mol. The summed E-state index contributed by atoms with van der Waals surface area (Å²) in [5, 5.41) is 3.83. The van der Waals surface area contributed by atoms with E-state index < -0.39 is 0 Å². The lowest BCUT2D eigenvalue weighted by Crippen LogP contribution is -2.05. The van der Waals surface area contributed by atoms with Crippen molar-refractivity contribution in [1.29, 1.82) is 0 Å². The van der Waals surface area contributed by atoms with Crippen LogP contribution in [0.25, 0.3) is 0 Å². The van der Waals surface area contributed by atoms with Crippen molar-refractivity contribution >= 4 is 33.8 Å². The summed E-state index contributed by atoms with van der Waals surface area (Å²) in [5.41, 5.74) is 3.33. The highest BCUT2D eigenvalue weighted by atomic mass is 79.9. The fraction of sp³-hybridized carbons (Fsp3) is 0.273. The summed E-state index contributed by atoms with van der Waals surface area (Å²) in [6.45, 7) is 1.83. The number of rotatable bonds is 5. The number of hydrogen-bond donors (Lipinski definition) is 1. The highest BCUT2D eigenvalue weighted by Gasteiger charge is 1.99. The summed E-state index contributed by atoms with van der Waals surface area (Å²) < 4.78 is 18.1. The lowest BCUT2D eigenvalue weighted by Gasteiger charge is -2.03. The van der Waals surface area contributed by atoms with Gasteiger partial charge < -0.3 is 4.74 Å². The molecule has 1 aromatic rings. The van der Waals surface area contributed by atoms with Gasteiger partial charge >= 0.3 is 5.97 Å². The van der Waals surface area contributed by atoms with Crippen LogP contribution in [-0.4, -0.2) is 18.8 Å².